The van der Waals surface area contributed by atoms with Crippen molar-refractivity contribution in [3.63, 3.8) is 0 Å². The van der Waals surface area contributed by atoms with Crippen LogP contribution in [-0.2, 0) is 13.0 Å². The summed E-state index contributed by atoms with van der Waals surface area (Å²) in [5.74, 6) is 1.22. The van der Waals surface area contributed by atoms with Crippen molar-refractivity contribution in [2.24, 2.45) is 0 Å². The third-order valence-corrected chi connectivity index (χ3v) is 4.69. The maximum atomic E-state index is 12.6. The number of para-hydroxylation sites is 1. The Morgan fingerprint density at radius 3 is 3.17 bits per heavy atom. The molecule has 0 unspecified atom stereocenters. The minimum Gasteiger partial charge on any atom is -0.449 e. The zero-order valence-electron chi connectivity index (χ0n) is 12.7. The highest BCUT2D eigenvalue weighted by molar-refractivity contribution is 6.35. The molecule has 23 heavy (non-hydrogen) atoms. The van der Waals surface area contributed by atoms with Gasteiger partial charge in [0.05, 0.1) is 5.02 Å². The maximum absolute atomic E-state index is 12.6. The average molecular weight is 330 g/mol. The van der Waals surface area contributed by atoms with Crippen LogP contribution < -0.4 is 5.32 Å². The van der Waals surface area contributed by atoms with E-state index in [1.165, 1.54) is 0 Å². The number of aromatic nitrogens is 2. The van der Waals surface area contributed by atoms with E-state index in [1.54, 1.807) is 12.3 Å². The number of fused-ring (bicyclic) bond motifs is 2. The smallest absolute Gasteiger partial charge is 0.287 e. The van der Waals surface area contributed by atoms with Gasteiger partial charge < -0.3 is 14.3 Å². The molecule has 1 N–H and O–H groups in total. The van der Waals surface area contributed by atoms with Crippen molar-refractivity contribution >= 4 is 28.5 Å². The minimum absolute atomic E-state index is 0.0762. The first-order valence-electron chi connectivity index (χ1n) is 7.62. The van der Waals surface area contributed by atoms with E-state index < -0.39 is 0 Å². The number of nitrogens with zero attached hydrogens (tertiary/aromatic N) is 2. The Balaban J connectivity index is 1.58. The quantitative estimate of drug-likeness (QED) is 0.784. The second kappa shape index (κ2) is 5.42. The topological polar surface area (TPSA) is 60.1 Å². The Hall–Kier alpha value is -2.27. The lowest BCUT2D eigenvalue weighted by Gasteiger charge is -2.24. The summed E-state index contributed by atoms with van der Waals surface area (Å²) < 4.78 is 7.80. The zero-order valence-corrected chi connectivity index (χ0v) is 13.4. The van der Waals surface area contributed by atoms with Crippen LogP contribution >= 0.6 is 11.6 Å². The number of hydrogen-bond donors (Lipinski definition) is 1. The lowest BCUT2D eigenvalue weighted by atomic mass is 10.1. The summed E-state index contributed by atoms with van der Waals surface area (Å²) in [6.45, 7) is 2.62. The van der Waals surface area contributed by atoms with Gasteiger partial charge >= 0.3 is 0 Å². The fraction of sp³-hybridized carbons (Fsp3) is 0.294. The molecule has 0 saturated heterocycles. The summed E-state index contributed by atoms with van der Waals surface area (Å²) in [6.07, 6.45) is 5.48. The van der Waals surface area contributed by atoms with E-state index in [9.17, 15) is 4.79 Å². The fourth-order valence-electron chi connectivity index (χ4n) is 3.16. The Kier molecular flexibility index (Phi) is 3.38. The molecule has 1 atom stereocenters. The van der Waals surface area contributed by atoms with Crippen molar-refractivity contribution in [1.29, 1.82) is 0 Å². The Bertz CT molecular complexity index is 897. The number of aryl methyl sites for hydroxylation is 2. The summed E-state index contributed by atoms with van der Waals surface area (Å²) in [4.78, 5) is 16.9. The number of imidazole rings is 1. The Morgan fingerprint density at radius 2 is 2.35 bits per heavy atom. The predicted molar refractivity (Wildman–Crippen MR) is 87.8 cm³/mol. The van der Waals surface area contributed by atoms with Crippen molar-refractivity contribution in [1.82, 2.24) is 14.9 Å². The number of benzene rings is 1. The molecule has 0 bridgehead atoms. The van der Waals surface area contributed by atoms with Crippen molar-refractivity contribution < 1.29 is 9.21 Å². The molecule has 0 fully saturated rings. The summed E-state index contributed by atoms with van der Waals surface area (Å²) in [5.41, 5.74) is 1.39. The normalized spacial score (nSPS) is 17.2. The number of carbonyl (C=O) groups is 1. The molecule has 1 aliphatic rings. The van der Waals surface area contributed by atoms with Crippen LogP contribution in [0.1, 0.15) is 28.4 Å². The van der Waals surface area contributed by atoms with Gasteiger partial charge in [0.25, 0.3) is 5.91 Å². The monoisotopic (exact) mass is 329 g/mol. The van der Waals surface area contributed by atoms with Crippen molar-refractivity contribution in [3.8, 4) is 0 Å². The van der Waals surface area contributed by atoms with E-state index in [1.807, 2.05) is 25.3 Å². The van der Waals surface area contributed by atoms with Crippen LogP contribution in [-0.4, -0.2) is 21.5 Å². The lowest BCUT2D eigenvalue weighted by Crippen LogP contribution is -2.40. The predicted octanol–water partition coefficient (Wildman–Crippen LogP) is 3.34. The van der Waals surface area contributed by atoms with E-state index in [2.05, 4.69) is 14.9 Å². The van der Waals surface area contributed by atoms with Crippen LogP contribution in [0.3, 0.4) is 0 Å². The van der Waals surface area contributed by atoms with Crippen LogP contribution in [0.15, 0.2) is 35.0 Å². The van der Waals surface area contributed by atoms with Crippen LogP contribution in [0.25, 0.3) is 11.0 Å². The standard InChI is InChI=1S/C17H16ClN3O2/c1-10-12-3-2-4-13(18)16(12)23-15(10)17(22)20-11-5-6-14-19-7-8-21(14)9-11/h2-4,7-8,11H,5-6,9H2,1H3,(H,20,22)/t11-/m1/s1. The molecule has 0 spiro atoms. The van der Waals surface area contributed by atoms with Gasteiger partial charge in [-0.05, 0) is 19.4 Å². The number of rotatable bonds is 2. The largest absolute Gasteiger partial charge is 0.449 e. The average Bonchev–Trinajstić information content (AvgIpc) is 3.13. The molecular weight excluding hydrogens is 314 g/mol. The molecule has 1 aromatic carbocycles. The van der Waals surface area contributed by atoms with Gasteiger partial charge in [0, 0.05) is 42.4 Å². The maximum Gasteiger partial charge on any atom is 0.287 e. The molecule has 1 aliphatic heterocycles. The third-order valence-electron chi connectivity index (χ3n) is 4.39. The first kappa shape index (κ1) is 14.3. The molecule has 3 aromatic rings. The summed E-state index contributed by atoms with van der Waals surface area (Å²) in [5, 5.41) is 4.46. The molecule has 0 aliphatic carbocycles. The summed E-state index contributed by atoms with van der Waals surface area (Å²) >= 11 is 6.15. The van der Waals surface area contributed by atoms with Gasteiger partial charge in [0.15, 0.2) is 11.3 Å². The SMILES string of the molecule is Cc1c(C(=O)N[C@@H]2CCc3nccn3C2)oc2c(Cl)cccc12. The third kappa shape index (κ3) is 2.41. The molecule has 4 rings (SSSR count). The molecule has 6 heteroatoms. The second-order valence-corrected chi connectivity index (χ2v) is 6.28. The lowest BCUT2D eigenvalue weighted by molar-refractivity contribution is 0.0900. The summed E-state index contributed by atoms with van der Waals surface area (Å²) in [7, 11) is 0. The molecule has 0 saturated carbocycles. The zero-order chi connectivity index (χ0) is 16.0. The van der Waals surface area contributed by atoms with Gasteiger partial charge in [0.1, 0.15) is 5.82 Å². The van der Waals surface area contributed by atoms with E-state index >= 15 is 0 Å². The number of amides is 1. The van der Waals surface area contributed by atoms with Crippen LogP contribution in [0.4, 0.5) is 0 Å². The van der Waals surface area contributed by atoms with Crippen LogP contribution in [0, 0.1) is 6.92 Å². The molecule has 5 nitrogen and oxygen atoms in total. The number of hydrogen-bond acceptors (Lipinski definition) is 3. The number of halogens is 1. The summed E-state index contributed by atoms with van der Waals surface area (Å²) in [6, 6.07) is 5.61. The van der Waals surface area contributed by atoms with Gasteiger partial charge in [-0.2, -0.15) is 0 Å². The van der Waals surface area contributed by atoms with Crippen molar-refractivity contribution in [3.05, 3.63) is 52.8 Å². The number of nitrogens with one attached hydrogen (secondary N) is 1. The highest BCUT2D eigenvalue weighted by atomic mass is 35.5. The van der Waals surface area contributed by atoms with Gasteiger partial charge in [-0.25, -0.2) is 4.98 Å². The number of furan rings is 1. The highest BCUT2D eigenvalue weighted by Crippen LogP contribution is 2.30. The minimum atomic E-state index is -0.191. The first-order valence-corrected chi connectivity index (χ1v) is 8.00. The molecule has 1 amide bonds. The van der Waals surface area contributed by atoms with E-state index in [-0.39, 0.29) is 11.9 Å². The van der Waals surface area contributed by atoms with Gasteiger partial charge in [-0.3, -0.25) is 4.79 Å². The first-order chi connectivity index (χ1) is 11.1. The molecule has 3 heterocycles. The molecule has 2 aromatic heterocycles. The van der Waals surface area contributed by atoms with Crippen LogP contribution in [0.2, 0.25) is 5.02 Å². The highest BCUT2D eigenvalue weighted by Gasteiger charge is 2.24. The van der Waals surface area contributed by atoms with E-state index in [0.717, 1.165) is 36.2 Å². The Labute approximate surface area is 138 Å². The second-order valence-electron chi connectivity index (χ2n) is 5.88. The van der Waals surface area contributed by atoms with Crippen LogP contribution in [0.5, 0.6) is 0 Å². The molecular formula is C17H16ClN3O2. The number of carbonyl (C=O) groups excluding carboxylic acids is 1. The van der Waals surface area contributed by atoms with Gasteiger partial charge in [-0.15, -0.1) is 0 Å². The molecule has 118 valence electrons. The van der Waals surface area contributed by atoms with E-state index in [0.29, 0.717) is 16.4 Å². The van der Waals surface area contributed by atoms with Gasteiger partial charge in [-0.1, -0.05) is 23.7 Å². The Morgan fingerprint density at radius 1 is 1.48 bits per heavy atom. The van der Waals surface area contributed by atoms with Crippen molar-refractivity contribution in [2.75, 3.05) is 0 Å². The van der Waals surface area contributed by atoms with Crippen molar-refractivity contribution in [2.45, 2.75) is 32.4 Å². The molecule has 0 radical (unpaired) electrons. The van der Waals surface area contributed by atoms with Gasteiger partial charge in [0.2, 0.25) is 0 Å². The van der Waals surface area contributed by atoms with E-state index in [4.69, 9.17) is 16.0 Å². The fourth-order valence-corrected chi connectivity index (χ4v) is 3.37.